The van der Waals surface area contributed by atoms with Crippen LogP contribution in [-0.2, 0) is 9.89 Å². The monoisotopic (exact) mass is 584 g/mol. The lowest BCUT2D eigenvalue weighted by Gasteiger charge is -2.18. The summed E-state index contributed by atoms with van der Waals surface area (Å²) in [5, 5.41) is 0. The molecule has 2 N–H and O–H groups in total. The predicted octanol–water partition coefficient (Wildman–Crippen LogP) is 3.87. The van der Waals surface area contributed by atoms with E-state index < -0.39 is 9.89 Å². The van der Waals surface area contributed by atoms with Gasteiger partial charge in [0, 0.05) is 23.4 Å². The van der Waals surface area contributed by atoms with Crippen molar-refractivity contribution in [1.82, 2.24) is 24.7 Å². The number of ether oxygens (including phenoxy) is 2. The Morgan fingerprint density at radius 3 is 2.38 bits per heavy atom. The maximum Gasteiger partial charge on any atom is 0.316 e. The van der Waals surface area contributed by atoms with Crippen LogP contribution in [0.1, 0.15) is 13.3 Å². The van der Waals surface area contributed by atoms with E-state index in [1.807, 2.05) is 31.2 Å². The number of aromatic nitrogens is 4. The highest BCUT2D eigenvalue weighted by molar-refractivity contribution is 9.10. The molecule has 0 saturated carbocycles. The smallest absolute Gasteiger partial charge is 0.316 e. The summed E-state index contributed by atoms with van der Waals surface area (Å²) in [6.45, 7) is 2.92. The molecule has 1 aromatic carbocycles. The van der Waals surface area contributed by atoms with Gasteiger partial charge in [0.2, 0.25) is 5.88 Å². The van der Waals surface area contributed by atoms with Gasteiger partial charge in [-0.25, -0.2) is 28.9 Å². The molecule has 3 rings (SSSR count). The molecule has 0 aliphatic rings. The zero-order valence-electron chi connectivity index (χ0n) is 17.3. The second-order valence-electron chi connectivity index (χ2n) is 6.46. The van der Waals surface area contributed by atoms with E-state index in [1.165, 1.54) is 6.33 Å². The zero-order valence-corrected chi connectivity index (χ0v) is 21.2. The van der Waals surface area contributed by atoms with Gasteiger partial charge in [-0.15, -0.1) is 0 Å². The van der Waals surface area contributed by atoms with Gasteiger partial charge < -0.3 is 9.47 Å². The first-order valence-corrected chi connectivity index (χ1v) is 12.9. The molecule has 170 valence electrons. The van der Waals surface area contributed by atoms with Crippen molar-refractivity contribution in [3.05, 3.63) is 51.9 Å². The second kappa shape index (κ2) is 11.5. The third kappa shape index (κ3) is 7.12. The van der Waals surface area contributed by atoms with Crippen LogP contribution in [0.3, 0.4) is 0 Å². The Morgan fingerprint density at radius 1 is 1.00 bits per heavy atom. The third-order valence-corrected chi connectivity index (χ3v) is 6.07. The summed E-state index contributed by atoms with van der Waals surface area (Å²) in [5.41, 5.74) is 1.35. The van der Waals surface area contributed by atoms with Crippen molar-refractivity contribution in [2.75, 3.05) is 24.5 Å². The van der Waals surface area contributed by atoms with Gasteiger partial charge >= 0.3 is 6.01 Å². The summed E-state index contributed by atoms with van der Waals surface area (Å²) < 4.78 is 31.7. The highest BCUT2D eigenvalue weighted by atomic mass is 79.9. The van der Waals surface area contributed by atoms with Crippen LogP contribution in [0.4, 0.5) is 5.82 Å². The van der Waals surface area contributed by atoms with Crippen molar-refractivity contribution in [3.8, 4) is 23.0 Å². The van der Waals surface area contributed by atoms with Crippen molar-refractivity contribution in [3.63, 3.8) is 0 Å². The van der Waals surface area contributed by atoms with E-state index in [9.17, 15) is 4.21 Å². The number of hydrogen-bond donors (Lipinski definition) is 2. The van der Waals surface area contributed by atoms with E-state index in [1.54, 1.807) is 12.4 Å². The molecule has 9 nitrogen and oxygen atoms in total. The van der Waals surface area contributed by atoms with Crippen LogP contribution in [0.15, 0.2) is 51.9 Å². The van der Waals surface area contributed by atoms with E-state index in [2.05, 4.69) is 67.1 Å². The van der Waals surface area contributed by atoms with Crippen molar-refractivity contribution in [2.45, 2.75) is 13.3 Å². The number of anilines is 1. The normalized spacial score (nSPS) is 12.7. The van der Waals surface area contributed by atoms with Crippen molar-refractivity contribution in [2.24, 2.45) is 0 Å². The average Bonchev–Trinajstić information content (AvgIpc) is 2.77. The number of halogens is 2. The molecule has 0 saturated heterocycles. The van der Waals surface area contributed by atoms with Gasteiger partial charge in [0.25, 0.3) is 0 Å². The van der Waals surface area contributed by atoms with Crippen LogP contribution in [0, 0.1) is 0 Å². The maximum atomic E-state index is 12.8. The fourth-order valence-electron chi connectivity index (χ4n) is 2.54. The Kier molecular flexibility index (Phi) is 8.79. The molecular formula is C20H22Br2N6O3S. The molecule has 0 aliphatic heterocycles. The maximum absolute atomic E-state index is 12.8. The van der Waals surface area contributed by atoms with Crippen molar-refractivity contribution in [1.29, 1.82) is 0 Å². The molecule has 0 aliphatic carbocycles. The highest BCUT2D eigenvalue weighted by Crippen LogP contribution is 2.34. The molecule has 2 heterocycles. The van der Waals surface area contributed by atoms with E-state index in [-0.39, 0.29) is 19.2 Å². The molecule has 0 amide bonds. The molecule has 2 aromatic heterocycles. The molecular weight excluding hydrogens is 564 g/mol. The van der Waals surface area contributed by atoms with Gasteiger partial charge in [0.05, 0.1) is 10.0 Å². The van der Waals surface area contributed by atoms with Crippen LogP contribution >= 0.6 is 31.9 Å². The quantitative estimate of drug-likeness (QED) is 0.259. The fraction of sp³-hybridized carbons (Fsp3) is 0.250. The lowest BCUT2D eigenvalue weighted by molar-refractivity contribution is 0.202. The molecule has 1 unspecified atom stereocenters. The topological polar surface area (TPSA) is 111 Å². The Bertz CT molecular complexity index is 1130. The Balaban J connectivity index is 1.81. The molecule has 3 aromatic rings. The summed E-state index contributed by atoms with van der Waals surface area (Å²) in [5.74, 6) is 4.42. The predicted molar refractivity (Wildman–Crippen MR) is 133 cm³/mol. The molecule has 12 heteroatoms. The van der Waals surface area contributed by atoms with E-state index in [4.69, 9.17) is 9.47 Å². The molecule has 0 fully saturated rings. The Morgan fingerprint density at radius 2 is 1.69 bits per heavy atom. The first kappa shape index (κ1) is 24.4. The van der Waals surface area contributed by atoms with E-state index >= 15 is 0 Å². The van der Waals surface area contributed by atoms with E-state index in [0.29, 0.717) is 23.8 Å². The number of hydrogen-bond acceptors (Lipinski definition) is 7. The Hall–Kier alpha value is -2.28. The summed E-state index contributed by atoms with van der Waals surface area (Å²) in [4.78, 5) is 16.7. The van der Waals surface area contributed by atoms with Gasteiger partial charge in [0.15, 0.2) is 5.82 Å². The van der Waals surface area contributed by atoms with Gasteiger partial charge in [0.1, 0.15) is 29.4 Å². The number of benzene rings is 1. The van der Waals surface area contributed by atoms with Crippen LogP contribution in [0.25, 0.3) is 11.1 Å². The highest BCUT2D eigenvalue weighted by Gasteiger charge is 2.18. The zero-order chi connectivity index (χ0) is 23.0. The SMILES string of the molecule is C=S(=O)(NCCC)Nc1ncnc(OCCOc2ncc(Br)cn2)c1-c1ccc(Br)cc1. The standard InChI is InChI=1S/C20H22Br2N6O3S/c1-3-8-27-32(2,29)28-18-17(14-4-6-15(21)7-5-14)19(26-13-25-18)30-9-10-31-20-23-11-16(22)12-24-20/h4-7,11-13H,2-3,8-10H2,1H3,(H2,25,26,27,28,29). The van der Waals surface area contributed by atoms with Gasteiger partial charge in [-0.1, -0.05) is 35.0 Å². The van der Waals surface area contributed by atoms with Crippen molar-refractivity contribution < 1.29 is 13.7 Å². The largest absolute Gasteiger partial charge is 0.473 e. The minimum atomic E-state index is -2.82. The first-order chi connectivity index (χ1) is 15.4. The lowest BCUT2D eigenvalue weighted by atomic mass is 10.1. The van der Waals surface area contributed by atoms with Gasteiger partial charge in [-0.3, -0.25) is 4.72 Å². The van der Waals surface area contributed by atoms with Crippen LogP contribution in [-0.4, -0.2) is 49.8 Å². The minimum absolute atomic E-state index is 0.188. The number of rotatable bonds is 11. The fourth-order valence-corrected chi connectivity index (χ4v) is 4.08. The summed E-state index contributed by atoms with van der Waals surface area (Å²) in [6.07, 6.45) is 5.35. The average molecular weight is 586 g/mol. The van der Waals surface area contributed by atoms with Gasteiger partial charge in [-0.05, 0) is 45.9 Å². The first-order valence-electron chi connectivity index (χ1n) is 9.61. The molecule has 0 spiro atoms. The van der Waals surface area contributed by atoms with Gasteiger partial charge in [-0.2, -0.15) is 0 Å². The molecule has 0 bridgehead atoms. The Labute approximate surface area is 203 Å². The molecule has 0 radical (unpaired) electrons. The van der Waals surface area contributed by atoms with Crippen LogP contribution in [0.2, 0.25) is 0 Å². The third-order valence-electron chi connectivity index (χ3n) is 3.94. The van der Waals surface area contributed by atoms with Crippen LogP contribution in [0.5, 0.6) is 11.9 Å². The number of nitrogens with one attached hydrogen (secondary N) is 2. The summed E-state index contributed by atoms with van der Waals surface area (Å²) in [7, 11) is -2.82. The molecule has 1 atom stereocenters. The second-order valence-corrected chi connectivity index (χ2v) is 10.1. The summed E-state index contributed by atoms with van der Waals surface area (Å²) in [6, 6.07) is 7.80. The van der Waals surface area contributed by atoms with E-state index in [0.717, 1.165) is 20.9 Å². The van der Waals surface area contributed by atoms with Crippen molar-refractivity contribution >= 4 is 53.4 Å². The van der Waals surface area contributed by atoms with Crippen LogP contribution < -0.4 is 18.9 Å². The summed E-state index contributed by atoms with van der Waals surface area (Å²) >= 11 is 6.71. The minimum Gasteiger partial charge on any atom is -0.473 e. The lowest BCUT2D eigenvalue weighted by Crippen LogP contribution is -2.31. The molecule has 32 heavy (non-hydrogen) atoms. The number of nitrogens with zero attached hydrogens (tertiary/aromatic N) is 4.